The van der Waals surface area contributed by atoms with Crippen molar-refractivity contribution in [2.75, 3.05) is 0 Å². The van der Waals surface area contributed by atoms with Gasteiger partial charge in [-0.2, -0.15) is 0 Å². The van der Waals surface area contributed by atoms with Crippen molar-refractivity contribution in [2.45, 2.75) is 206 Å². The smallest absolute Gasteiger partial charge is 0.220 e. The predicted octanol–water partition coefficient (Wildman–Crippen LogP) is 12.4. The molecule has 0 saturated carbocycles. The van der Waals surface area contributed by atoms with Gasteiger partial charge < -0.3 is 5.73 Å². The summed E-state index contributed by atoms with van der Waals surface area (Å²) in [7, 11) is 0. The second kappa shape index (κ2) is 32.4. The van der Waals surface area contributed by atoms with Crippen LogP contribution < -0.4 is 5.73 Å². The zero-order chi connectivity index (χ0) is 27.8. The number of primary amides is 1. The Balaban J connectivity index is 3.43. The van der Waals surface area contributed by atoms with Gasteiger partial charge in [-0.15, -0.1) is 0 Å². The quantitative estimate of drug-likeness (QED) is 0.0678. The second-order valence-electron chi connectivity index (χ2n) is 12.2. The van der Waals surface area contributed by atoms with Gasteiger partial charge in [-0.3, -0.25) is 4.79 Å². The molecule has 0 aromatic heterocycles. The van der Waals surface area contributed by atoms with Gasteiger partial charge in [-0.25, -0.2) is 0 Å². The maximum atomic E-state index is 11.9. The van der Waals surface area contributed by atoms with Gasteiger partial charge in [0.15, 0.2) is 0 Å². The van der Waals surface area contributed by atoms with Crippen molar-refractivity contribution in [3.63, 3.8) is 0 Å². The van der Waals surface area contributed by atoms with Crippen LogP contribution >= 0.6 is 0 Å². The summed E-state index contributed by atoms with van der Waals surface area (Å²) >= 11 is 0. The Hall–Kier alpha value is -0.790. The Morgan fingerprint density at radius 2 is 0.711 bits per heavy atom. The van der Waals surface area contributed by atoms with Crippen LogP contribution in [0.5, 0.6) is 0 Å². The summed E-state index contributed by atoms with van der Waals surface area (Å²) in [5.41, 5.74) is 5.71. The molecule has 0 spiro atoms. The number of unbranched alkanes of at least 4 members (excludes halogenated alkanes) is 25. The second-order valence-corrected chi connectivity index (χ2v) is 12.2. The molecular formula is C36H71NO. The molecule has 0 aliphatic rings. The number of nitrogens with two attached hydrogens (primary N) is 1. The Labute approximate surface area is 240 Å². The fourth-order valence-corrected chi connectivity index (χ4v) is 5.65. The van der Waals surface area contributed by atoms with Crippen molar-refractivity contribution in [3.05, 3.63) is 12.2 Å². The molecule has 0 rings (SSSR count). The topological polar surface area (TPSA) is 43.1 Å². The standard InChI is InChI=1S/C36H71NO/c1-3-5-7-9-11-13-15-17-19-20-22-24-26-28-30-32-34-35(36(37)38)33-31-29-27-25-23-21-18-16-14-12-10-8-6-4-2/h18,21,35H,3-17,19-20,22-34H2,1-2H3,(H2,37,38)/b21-18-. The number of amides is 1. The van der Waals surface area contributed by atoms with E-state index in [4.69, 9.17) is 5.73 Å². The van der Waals surface area contributed by atoms with Crippen LogP contribution in [0.25, 0.3) is 0 Å². The van der Waals surface area contributed by atoms with E-state index in [1.54, 1.807) is 0 Å². The number of hydrogen-bond acceptors (Lipinski definition) is 1. The predicted molar refractivity (Wildman–Crippen MR) is 172 cm³/mol. The van der Waals surface area contributed by atoms with Crippen LogP contribution in [0.2, 0.25) is 0 Å². The van der Waals surface area contributed by atoms with E-state index in [1.807, 2.05) is 0 Å². The minimum absolute atomic E-state index is 0.0661. The molecule has 226 valence electrons. The third-order valence-corrected chi connectivity index (χ3v) is 8.37. The third kappa shape index (κ3) is 29.8. The number of allylic oxidation sites excluding steroid dienone is 2. The normalized spacial score (nSPS) is 12.5. The molecule has 0 radical (unpaired) electrons. The molecule has 38 heavy (non-hydrogen) atoms. The summed E-state index contributed by atoms with van der Waals surface area (Å²) in [5, 5.41) is 0. The van der Waals surface area contributed by atoms with Crippen molar-refractivity contribution >= 4 is 5.91 Å². The first-order valence-corrected chi connectivity index (χ1v) is 17.7. The van der Waals surface area contributed by atoms with Crippen LogP contribution in [-0.4, -0.2) is 5.91 Å². The van der Waals surface area contributed by atoms with Gasteiger partial charge in [-0.1, -0.05) is 180 Å². The summed E-state index contributed by atoms with van der Waals surface area (Å²) in [6.45, 7) is 4.57. The highest BCUT2D eigenvalue weighted by Gasteiger charge is 2.14. The van der Waals surface area contributed by atoms with Crippen molar-refractivity contribution in [1.29, 1.82) is 0 Å². The number of rotatable bonds is 32. The Morgan fingerprint density at radius 1 is 0.447 bits per heavy atom. The molecule has 2 heteroatoms. The molecule has 0 aliphatic heterocycles. The van der Waals surface area contributed by atoms with E-state index in [9.17, 15) is 4.79 Å². The lowest BCUT2D eigenvalue weighted by Gasteiger charge is -2.13. The van der Waals surface area contributed by atoms with E-state index in [0.29, 0.717) is 0 Å². The molecule has 1 amide bonds. The van der Waals surface area contributed by atoms with Gasteiger partial charge in [0.05, 0.1) is 0 Å². The molecular weight excluding hydrogens is 462 g/mol. The molecule has 1 atom stereocenters. The molecule has 0 aromatic carbocycles. The van der Waals surface area contributed by atoms with Crippen LogP contribution in [0.3, 0.4) is 0 Å². The van der Waals surface area contributed by atoms with Crippen molar-refractivity contribution in [3.8, 4) is 0 Å². The molecule has 1 unspecified atom stereocenters. The van der Waals surface area contributed by atoms with Gasteiger partial charge in [-0.05, 0) is 38.5 Å². The van der Waals surface area contributed by atoms with Gasteiger partial charge in [0, 0.05) is 5.92 Å². The minimum Gasteiger partial charge on any atom is -0.369 e. The minimum atomic E-state index is -0.0661. The number of hydrogen-bond donors (Lipinski definition) is 1. The monoisotopic (exact) mass is 534 g/mol. The van der Waals surface area contributed by atoms with Crippen molar-refractivity contribution in [1.82, 2.24) is 0 Å². The average molecular weight is 534 g/mol. The number of carbonyl (C=O) groups excluding carboxylic acids is 1. The highest BCUT2D eigenvalue weighted by molar-refractivity contribution is 5.76. The Morgan fingerprint density at radius 3 is 1.00 bits per heavy atom. The first-order chi connectivity index (χ1) is 18.7. The van der Waals surface area contributed by atoms with Crippen LogP contribution in [0.15, 0.2) is 12.2 Å². The van der Waals surface area contributed by atoms with Crippen LogP contribution in [0.1, 0.15) is 206 Å². The molecule has 0 heterocycles. The van der Waals surface area contributed by atoms with Crippen LogP contribution in [0, 0.1) is 5.92 Å². The van der Waals surface area contributed by atoms with Crippen molar-refractivity contribution in [2.24, 2.45) is 11.7 Å². The van der Waals surface area contributed by atoms with Crippen molar-refractivity contribution < 1.29 is 4.79 Å². The van der Waals surface area contributed by atoms with E-state index in [0.717, 1.165) is 19.3 Å². The van der Waals surface area contributed by atoms with E-state index in [2.05, 4.69) is 26.0 Å². The van der Waals surface area contributed by atoms with Crippen LogP contribution in [-0.2, 0) is 4.79 Å². The zero-order valence-electron chi connectivity index (χ0n) is 26.4. The molecule has 0 bridgehead atoms. The summed E-state index contributed by atoms with van der Waals surface area (Å²) in [4.78, 5) is 11.9. The Bertz CT molecular complexity index is 486. The Kier molecular flexibility index (Phi) is 31.7. The molecule has 2 nitrogen and oxygen atoms in total. The third-order valence-electron chi connectivity index (χ3n) is 8.37. The van der Waals surface area contributed by atoms with Gasteiger partial charge in [0.25, 0.3) is 0 Å². The lowest BCUT2D eigenvalue weighted by Crippen LogP contribution is -2.23. The summed E-state index contributed by atoms with van der Waals surface area (Å²) < 4.78 is 0. The number of carbonyl (C=O) groups is 1. The fraction of sp³-hybridized carbons (Fsp3) is 0.917. The molecule has 2 N–H and O–H groups in total. The SMILES string of the molecule is CCCCCCCC/C=C\CCCCCCC(CCCCCCCCCCCCCCCCCC)C(N)=O. The average Bonchev–Trinajstić information content (AvgIpc) is 2.91. The summed E-state index contributed by atoms with van der Waals surface area (Å²) in [5.74, 6) is 0.0439. The first kappa shape index (κ1) is 37.2. The zero-order valence-corrected chi connectivity index (χ0v) is 26.4. The van der Waals surface area contributed by atoms with E-state index < -0.39 is 0 Å². The molecule has 0 aliphatic carbocycles. The van der Waals surface area contributed by atoms with E-state index in [-0.39, 0.29) is 11.8 Å². The molecule has 0 saturated heterocycles. The lowest BCUT2D eigenvalue weighted by molar-refractivity contribution is -0.122. The lowest BCUT2D eigenvalue weighted by atomic mass is 9.93. The molecule has 0 aromatic rings. The largest absolute Gasteiger partial charge is 0.369 e. The maximum absolute atomic E-state index is 11.9. The maximum Gasteiger partial charge on any atom is 0.220 e. The van der Waals surface area contributed by atoms with Gasteiger partial charge >= 0.3 is 0 Å². The fourth-order valence-electron chi connectivity index (χ4n) is 5.65. The molecule has 0 fully saturated rings. The van der Waals surface area contributed by atoms with Gasteiger partial charge in [0.1, 0.15) is 0 Å². The van der Waals surface area contributed by atoms with E-state index >= 15 is 0 Å². The summed E-state index contributed by atoms with van der Waals surface area (Å²) in [6.07, 6.45) is 44.8. The highest BCUT2D eigenvalue weighted by Crippen LogP contribution is 2.19. The highest BCUT2D eigenvalue weighted by atomic mass is 16.1. The van der Waals surface area contributed by atoms with Gasteiger partial charge in [0.2, 0.25) is 5.91 Å². The van der Waals surface area contributed by atoms with E-state index in [1.165, 1.54) is 173 Å². The summed E-state index contributed by atoms with van der Waals surface area (Å²) in [6, 6.07) is 0. The van der Waals surface area contributed by atoms with Crippen LogP contribution in [0.4, 0.5) is 0 Å². The first-order valence-electron chi connectivity index (χ1n) is 17.7.